The van der Waals surface area contributed by atoms with Crippen molar-refractivity contribution >= 4 is 17.3 Å². The summed E-state index contributed by atoms with van der Waals surface area (Å²) in [5.41, 5.74) is 0. The highest BCUT2D eigenvalue weighted by Gasteiger charge is 2.12. The van der Waals surface area contributed by atoms with Gasteiger partial charge in [-0.1, -0.05) is 31.8 Å². The highest BCUT2D eigenvalue weighted by molar-refractivity contribution is 7.80. The highest BCUT2D eigenvalue weighted by atomic mass is 32.1. The molecule has 0 atom stereocenters. The molecule has 0 unspecified atom stereocenters. The van der Waals surface area contributed by atoms with Crippen LogP contribution in [0.4, 0.5) is 0 Å². The first-order chi connectivity index (χ1) is 6.83. The van der Waals surface area contributed by atoms with Gasteiger partial charge in [0.15, 0.2) is 5.11 Å². The summed E-state index contributed by atoms with van der Waals surface area (Å²) in [7, 11) is 0. The first-order valence-corrected chi connectivity index (χ1v) is 5.89. The van der Waals surface area contributed by atoms with Crippen LogP contribution < -0.4 is 10.6 Å². The minimum atomic E-state index is 0.585. The Hall–Kier alpha value is -0.570. The van der Waals surface area contributed by atoms with Crippen LogP contribution >= 0.6 is 12.2 Å². The van der Waals surface area contributed by atoms with E-state index in [0.29, 0.717) is 6.04 Å². The lowest BCUT2D eigenvalue weighted by Gasteiger charge is -2.18. The summed E-state index contributed by atoms with van der Waals surface area (Å²) >= 11 is 5.17. The molecule has 0 bridgehead atoms. The molecule has 0 aromatic carbocycles. The van der Waals surface area contributed by atoms with Gasteiger partial charge in [-0.25, -0.2) is 0 Å². The Morgan fingerprint density at radius 2 is 1.93 bits per heavy atom. The number of hydrogen-bond donors (Lipinski definition) is 2. The first-order valence-electron chi connectivity index (χ1n) is 5.48. The lowest BCUT2D eigenvalue weighted by atomic mass is 10.1. The van der Waals surface area contributed by atoms with E-state index >= 15 is 0 Å². The highest BCUT2D eigenvalue weighted by Crippen LogP contribution is 2.16. The summed E-state index contributed by atoms with van der Waals surface area (Å²) in [5, 5.41) is 7.24. The maximum Gasteiger partial charge on any atom is 0.166 e. The van der Waals surface area contributed by atoms with Crippen molar-refractivity contribution in [3.05, 3.63) is 12.7 Å². The third-order valence-electron chi connectivity index (χ3n) is 2.60. The fourth-order valence-corrected chi connectivity index (χ4v) is 2.07. The Bertz CT molecular complexity index is 184. The second-order valence-electron chi connectivity index (χ2n) is 3.83. The van der Waals surface area contributed by atoms with Gasteiger partial charge in [-0.15, -0.1) is 6.58 Å². The predicted octanol–water partition coefficient (Wildman–Crippen LogP) is 2.36. The molecule has 2 N–H and O–H groups in total. The van der Waals surface area contributed by atoms with Crippen molar-refractivity contribution in [3.8, 4) is 0 Å². The molecule has 14 heavy (non-hydrogen) atoms. The first kappa shape index (κ1) is 11.5. The zero-order valence-electron chi connectivity index (χ0n) is 8.72. The molecular formula is C11H20N2S. The van der Waals surface area contributed by atoms with Gasteiger partial charge >= 0.3 is 0 Å². The minimum absolute atomic E-state index is 0.585. The van der Waals surface area contributed by atoms with Crippen LogP contribution in [0.15, 0.2) is 12.7 Å². The lowest BCUT2D eigenvalue weighted by molar-refractivity contribution is 0.530. The fraction of sp³-hybridized carbons (Fsp3) is 0.727. The molecule has 1 fully saturated rings. The Balaban J connectivity index is 2.20. The number of nitrogens with one attached hydrogen (secondary N) is 2. The summed E-state index contributed by atoms with van der Waals surface area (Å²) in [6, 6.07) is 0.585. The molecule has 80 valence electrons. The molecule has 0 spiro atoms. The topological polar surface area (TPSA) is 24.1 Å². The monoisotopic (exact) mass is 212 g/mol. The van der Waals surface area contributed by atoms with E-state index in [1.807, 2.05) is 6.08 Å². The standard InChI is InChI=1S/C11H20N2S/c1-2-9-12-11(14)13-10-7-5-3-4-6-8-10/h2,10H,1,3-9H2,(H2,12,13,14). The molecule has 0 saturated heterocycles. The molecule has 0 radical (unpaired) electrons. The van der Waals surface area contributed by atoms with Crippen LogP contribution in [0.3, 0.4) is 0 Å². The predicted molar refractivity (Wildman–Crippen MR) is 65.4 cm³/mol. The molecule has 1 saturated carbocycles. The molecule has 1 rings (SSSR count). The summed E-state index contributed by atoms with van der Waals surface area (Å²) < 4.78 is 0. The zero-order valence-corrected chi connectivity index (χ0v) is 9.54. The van der Waals surface area contributed by atoms with Crippen molar-refractivity contribution in [1.29, 1.82) is 0 Å². The van der Waals surface area contributed by atoms with Crippen LogP contribution in [-0.4, -0.2) is 17.7 Å². The summed E-state index contributed by atoms with van der Waals surface area (Å²) in [6.45, 7) is 4.39. The molecule has 1 aliphatic rings. The molecule has 0 aliphatic heterocycles. The maximum absolute atomic E-state index is 5.17. The Morgan fingerprint density at radius 1 is 1.29 bits per heavy atom. The number of rotatable bonds is 3. The van der Waals surface area contributed by atoms with Gasteiger partial charge in [0.2, 0.25) is 0 Å². The van der Waals surface area contributed by atoms with Gasteiger partial charge in [-0.3, -0.25) is 0 Å². The third-order valence-corrected chi connectivity index (χ3v) is 2.86. The second kappa shape index (κ2) is 6.82. The van der Waals surface area contributed by atoms with E-state index in [0.717, 1.165) is 11.7 Å². The molecule has 1 aliphatic carbocycles. The van der Waals surface area contributed by atoms with Crippen LogP contribution in [-0.2, 0) is 0 Å². The Labute approximate surface area is 92.2 Å². The SMILES string of the molecule is C=CCNC(=S)NC1CCCCCC1. The summed E-state index contributed by atoms with van der Waals surface area (Å²) in [4.78, 5) is 0. The molecule has 0 aromatic rings. The van der Waals surface area contributed by atoms with Crippen molar-refractivity contribution in [2.75, 3.05) is 6.54 Å². The molecule has 0 aromatic heterocycles. The summed E-state index contributed by atoms with van der Waals surface area (Å²) in [6.07, 6.45) is 9.77. The maximum atomic E-state index is 5.17. The number of hydrogen-bond acceptors (Lipinski definition) is 1. The second-order valence-corrected chi connectivity index (χ2v) is 4.24. The fourth-order valence-electron chi connectivity index (χ4n) is 1.82. The van der Waals surface area contributed by atoms with Crippen molar-refractivity contribution in [2.24, 2.45) is 0 Å². The van der Waals surface area contributed by atoms with Gasteiger partial charge in [-0.05, 0) is 25.1 Å². The molecule has 0 amide bonds. The number of thiocarbonyl (C=S) groups is 1. The smallest absolute Gasteiger partial charge is 0.166 e. The Kier molecular flexibility index (Phi) is 5.60. The average molecular weight is 212 g/mol. The van der Waals surface area contributed by atoms with Crippen LogP contribution in [0.25, 0.3) is 0 Å². The van der Waals surface area contributed by atoms with E-state index in [9.17, 15) is 0 Å². The normalized spacial score (nSPS) is 18.3. The van der Waals surface area contributed by atoms with Gasteiger partial charge in [0.25, 0.3) is 0 Å². The van der Waals surface area contributed by atoms with Gasteiger partial charge < -0.3 is 10.6 Å². The van der Waals surface area contributed by atoms with E-state index < -0.39 is 0 Å². The van der Waals surface area contributed by atoms with E-state index in [2.05, 4.69) is 17.2 Å². The van der Waals surface area contributed by atoms with E-state index in [1.165, 1.54) is 38.5 Å². The average Bonchev–Trinajstić information content (AvgIpc) is 2.43. The van der Waals surface area contributed by atoms with Gasteiger partial charge in [0.1, 0.15) is 0 Å². The van der Waals surface area contributed by atoms with Crippen molar-refractivity contribution in [2.45, 2.75) is 44.6 Å². The van der Waals surface area contributed by atoms with E-state index in [-0.39, 0.29) is 0 Å². The summed E-state index contributed by atoms with van der Waals surface area (Å²) in [5.74, 6) is 0. The van der Waals surface area contributed by atoms with Gasteiger partial charge in [-0.2, -0.15) is 0 Å². The van der Waals surface area contributed by atoms with Gasteiger partial charge in [0, 0.05) is 12.6 Å². The van der Waals surface area contributed by atoms with Crippen LogP contribution in [0, 0.1) is 0 Å². The quantitative estimate of drug-likeness (QED) is 0.427. The van der Waals surface area contributed by atoms with Crippen molar-refractivity contribution < 1.29 is 0 Å². The van der Waals surface area contributed by atoms with Crippen LogP contribution in [0.1, 0.15) is 38.5 Å². The molecule has 2 nitrogen and oxygen atoms in total. The minimum Gasteiger partial charge on any atom is -0.360 e. The van der Waals surface area contributed by atoms with Crippen molar-refractivity contribution in [1.82, 2.24) is 10.6 Å². The molecular weight excluding hydrogens is 192 g/mol. The Morgan fingerprint density at radius 3 is 2.50 bits per heavy atom. The third kappa shape index (κ3) is 4.61. The van der Waals surface area contributed by atoms with E-state index in [1.54, 1.807) is 0 Å². The van der Waals surface area contributed by atoms with Gasteiger partial charge in [0.05, 0.1) is 0 Å². The lowest BCUT2D eigenvalue weighted by Crippen LogP contribution is -2.41. The van der Waals surface area contributed by atoms with Crippen molar-refractivity contribution in [3.63, 3.8) is 0 Å². The largest absolute Gasteiger partial charge is 0.360 e. The van der Waals surface area contributed by atoms with Crippen LogP contribution in [0.5, 0.6) is 0 Å². The molecule has 3 heteroatoms. The van der Waals surface area contributed by atoms with E-state index in [4.69, 9.17) is 12.2 Å². The zero-order chi connectivity index (χ0) is 10.2. The van der Waals surface area contributed by atoms with Crippen LogP contribution in [0.2, 0.25) is 0 Å². The molecule has 0 heterocycles.